The summed E-state index contributed by atoms with van der Waals surface area (Å²) in [6.07, 6.45) is 10.2. The molecule has 2 aliphatic rings. The molecule has 3 aromatic rings. The summed E-state index contributed by atoms with van der Waals surface area (Å²) in [6.45, 7) is 2.64. The number of aromatic nitrogens is 2. The number of nitrogens with one attached hydrogen (secondary N) is 2. The lowest BCUT2D eigenvalue weighted by atomic mass is 10.0. The summed E-state index contributed by atoms with van der Waals surface area (Å²) >= 11 is 5.81. The van der Waals surface area contributed by atoms with Crippen LogP contribution in [0.3, 0.4) is 0 Å². The Balaban J connectivity index is 1.39. The van der Waals surface area contributed by atoms with E-state index in [2.05, 4.69) is 56.4 Å². The van der Waals surface area contributed by atoms with Crippen molar-refractivity contribution < 1.29 is 4.79 Å². The van der Waals surface area contributed by atoms with Crippen molar-refractivity contribution in [3.8, 4) is 0 Å². The number of nitrogens with zero attached hydrogens (tertiary/aromatic N) is 3. The van der Waals surface area contributed by atoms with E-state index >= 15 is 0 Å². The van der Waals surface area contributed by atoms with Crippen LogP contribution in [0.5, 0.6) is 0 Å². The second kappa shape index (κ2) is 10.6. The van der Waals surface area contributed by atoms with E-state index in [4.69, 9.17) is 12.2 Å². The standard InChI is InChI=1S/C28H33N5OS/c1-2-20-10-3-6-13-22(20)30-25(34)16-19-33-27(24-15-9-18-32(24)21-11-4-5-12-21)26(31-28(33)35)23-14-7-8-17-29-23/h3,6-10,13-15,17-18,21,26-27H,2,4-5,11-12,16,19H2,1H3,(H,30,34)(H,31,35)/t26-,27+/m1/s1. The van der Waals surface area contributed by atoms with Crippen molar-refractivity contribution in [1.82, 2.24) is 19.8 Å². The van der Waals surface area contributed by atoms with Crippen molar-refractivity contribution in [1.29, 1.82) is 0 Å². The minimum absolute atomic E-state index is 0.0000818. The first kappa shape index (κ1) is 23.5. The SMILES string of the molecule is CCc1ccccc1NC(=O)CCN1C(=S)N[C@H](c2ccccn2)[C@@H]1c1cccn1C1CCCC1. The van der Waals surface area contributed by atoms with Crippen LogP contribution in [-0.4, -0.2) is 32.0 Å². The highest BCUT2D eigenvalue weighted by Gasteiger charge is 2.41. The molecule has 2 atom stereocenters. The van der Waals surface area contributed by atoms with Gasteiger partial charge < -0.3 is 20.1 Å². The van der Waals surface area contributed by atoms with Gasteiger partial charge >= 0.3 is 0 Å². The number of para-hydroxylation sites is 1. The van der Waals surface area contributed by atoms with Gasteiger partial charge in [-0.15, -0.1) is 0 Å². The summed E-state index contributed by atoms with van der Waals surface area (Å²) in [5.41, 5.74) is 4.22. The van der Waals surface area contributed by atoms with Crippen molar-refractivity contribution in [3.63, 3.8) is 0 Å². The number of thiocarbonyl (C=S) groups is 1. The van der Waals surface area contributed by atoms with Gasteiger partial charge in [0.1, 0.15) is 0 Å². The third-order valence-corrected chi connectivity index (χ3v) is 7.64. The maximum atomic E-state index is 12.9. The predicted molar refractivity (Wildman–Crippen MR) is 143 cm³/mol. The number of rotatable bonds is 8. The van der Waals surface area contributed by atoms with E-state index in [-0.39, 0.29) is 18.0 Å². The molecule has 2 aromatic heterocycles. The first-order valence-corrected chi connectivity index (χ1v) is 13.1. The molecule has 2 fully saturated rings. The Morgan fingerprint density at radius 3 is 2.69 bits per heavy atom. The summed E-state index contributed by atoms with van der Waals surface area (Å²) < 4.78 is 2.44. The van der Waals surface area contributed by atoms with Crippen molar-refractivity contribution in [2.24, 2.45) is 0 Å². The molecular weight excluding hydrogens is 454 g/mol. The van der Waals surface area contributed by atoms with Crippen LogP contribution in [0.1, 0.15) is 74.1 Å². The highest BCUT2D eigenvalue weighted by molar-refractivity contribution is 7.80. The van der Waals surface area contributed by atoms with Gasteiger partial charge in [0.05, 0.1) is 17.8 Å². The van der Waals surface area contributed by atoms with Crippen LogP contribution in [0.25, 0.3) is 0 Å². The second-order valence-corrected chi connectivity index (χ2v) is 9.79. The Labute approximate surface area is 212 Å². The molecule has 1 aromatic carbocycles. The molecule has 182 valence electrons. The molecule has 7 heteroatoms. The maximum absolute atomic E-state index is 12.9. The van der Waals surface area contributed by atoms with E-state index in [1.165, 1.54) is 31.4 Å². The second-order valence-electron chi connectivity index (χ2n) is 9.41. The van der Waals surface area contributed by atoms with Crippen LogP contribution < -0.4 is 10.6 Å². The summed E-state index contributed by atoms with van der Waals surface area (Å²) in [6, 6.07) is 18.8. The lowest BCUT2D eigenvalue weighted by Crippen LogP contribution is -2.33. The van der Waals surface area contributed by atoms with Gasteiger partial charge in [-0.05, 0) is 67.4 Å². The third kappa shape index (κ3) is 4.96. The van der Waals surface area contributed by atoms with Gasteiger partial charge in [0.2, 0.25) is 5.91 Å². The number of carbonyl (C=O) groups is 1. The maximum Gasteiger partial charge on any atom is 0.226 e. The topological polar surface area (TPSA) is 62.2 Å². The lowest BCUT2D eigenvalue weighted by Gasteiger charge is -2.30. The number of hydrogen-bond donors (Lipinski definition) is 2. The van der Waals surface area contributed by atoms with E-state index in [1.807, 2.05) is 42.6 Å². The average Bonchev–Trinajstić information content (AvgIpc) is 3.63. The van der Waals surface area contributed by atoms with Crippen molar-refractivity contribution >= 4 is 28.9 Å². The fourth-order valence-electron chi connectivity index (χ4n) is 5.53. The number of carbonyl (C=O) groups excluding carboxylic acids is 1. The first-order valence-electron chi connectivity index (χ1n) is 12.7. The smallest absolute Gasteiger partial charge is 0.226 e. The summed E-state index contributed by atoms with van der Waals surface area (Å²) in [5.74, 6) is -0.0000818. The van der Waals surface area contributed by atoms with Crippen LogP contribution >= 0.6 is 12.2 Å². The zero-order valence-electron chi connectivity index (χ0n) is 20.2. The highest BCUT2D eigenvalue weighted by Crippen LogP contribution is 2.41. The zero-order chi connectivity index (χ0) is 24.2. The minimum atomic E-state index is -0.0670. The molecule has 35 heavy (non-hydrogen) atoms. The molecule has 0 unspecified atom stereocenters. The number of hydrogen-bond acceptors (Lipinski definition) is 3. The van der Waals surface area contributed by atoms with Crippen molar-refractivity contribution in [3.05, 3.63) is 83.9 Å². The van der Waals surface area contributed by atoms with Gasteiger partial charge in [0, 0.05) is 42.8 Å². The fraction of sp³-hybridized carbons (Fsp3) is 0.393. The molecule has 1 saturated carbocycles. The molecule has 0 radical (unpaired) electrons. The molecule has 1 aliphatic heterocycles. The summed E-state index contributed by atoms with van der Waals surface area (Å²) in [4.78, 5) is 19.8. The first-order chi connectivity index (χ1) is 17.2. The van der Waals surface area contributed by atoms with Gasteiger partial charge in [0.15, 0.2) is 5.11 Å². The van der Waals surface area contributed by atoms with Gasteiger partial charge in [-0.3, -0.25) is 9.78 Å². The molecule has 1 amide bonds. The number of benzene rings is 1. The zero-order valence-corrected chi connectivity index (χ0v) is 21.0. The van der Waals surface area contributed by atoms with Gasteiger partial charge in [0.25, 0.3) is 0 Å². The number of anilines is 1. The number of aryl methyl sites for hydroxylation is 1. The van der Waals surface area contributed by atoms with E-state index in [1.54, 1.807) is 0 Å². The molecular formula is C28H33N5OS. The fourth-order valence-corrected chi connectivity index (χ4v) is 5.86. The Bertz CT molecular complexity index is 1170. The Morgan fingerprint density at radius 1 is 1.11 bits per heavy atom. The molecule has 5 rings (SSSR count). The number of pyridine rings is 1. The molecule has 0 bridgehead atoms. The van der Waals surface area contributed by atoms with E-state index in [9.17, 15) is 4.79 Å². The molecule has 6 nitrogen and oxygen atoms in total. The van der Waals surface area contributed by atoms with Crippen molar-refractivity contribution in [2.45, 2.75) is 63.6 Å². The Hall–Kier alpha value is -3.19. The predicted octanol–water partition coefficient (Wildman–Crippen LogP) is 5.56. The van der Waals surface area contributed by atoms with Crippen LogP contribution in [0.2, 0.25) is 0 Å². The molecule has 1 aliphatic carbocycles. The largest absolute Gasteiger partial charge is 0.352 e. The van der Waals surface area contributed by atoms with Gasteiger partial charge in [-0.2, -0.15) is 0 Å². The third-order valence-electron chi connectivity index (χ3n) is 7.28. The van der Waals surface area contributed by atoms with Crippen molar-refractivity contribution in [2.75, 3.05) is 11.9 Å². The monoisotopic (exact) mass is 487 g/mol. The van der Waals surface area contributed by atoms with Crippen LogP contribution in [0.4, 0.5) is 5.69 Å². The highest BCUT2D eigenvalue weighted by atomic mass is 32.1. The molecule has 0 spiro atoms. The molecule has 1 saturated heterocycles. The van der Waals surface area contributed by atoms with Gasteiger partial charge in [-0.25, -0.2) is 0 Å². The minimum Gasteiger partial charge on any atom is -0.352 e. The Morgan fingerprint density at radius 2 is 1.91 bits per heavy atom. The Kier molecular flexibility index (Phi) is 7.13. The van der Waals surface area contributed by atoms with Crippen LogP contribution in [0.15, 0.2) is 67.0 Å². The van der Waals surface area contributed by atoms with E-state index in [0.717, 1.165) is 23.4 Å². The van der Waals surface area contributed by atoms with E-state index in [0.29, 0.717) is 24.1 Å². The summed E-state index contributed by atoms with van der Waals surface area (Å²) in [7, 11) is 0. The van der Waals surface area contributed by atoms with Gasteiger partial charge in [-0.1, -0.05) is 44.0 Å². The summed E-state index contributed by atoms with van der Waals surface area (Å²) in [5, 5.41) is 7.29. The average molecular weight is 488 g/mol. The normalized spacial score (nSPS) is 20.3. The van der Waals surface area contributed by atoms with Crippen LogP contribution in [0, 0.1) is 0 Å². The van der Waals surface area contributed by atoms with E-state index < -0.39 is 0 Å². The molecule has 3 heterocycles. The molecule has 2 N–H and O–H groups in total. The number of amides is 1. The quantitative estimate of drug-likeness (QED) is 0.407. The lowest BCUT2D eigenvalue weighted by molar-refractivity contribution is -0.116. The van der Waals surface area contributed by atoms with Crippen LogP contribution in [-0.2, 0) is 11.2 Å².